The van der Waals surface area contributed by atoms with E-state index in [1.165, 1.54) is 0 Å². The minimum Gasteiger partial charge on any atom is -0.354 e. The van der Waals surface area contributed by atoms with Crippen LogP contribution >= 0.6 is 0 Å². The first kappa shape index (κ1) is 10.6. The van der Waals surface area contributed by atoms with Crippen molar-refractivity contribution in [2.24, 2.45) is 0 Å². The van der Waals surface area contributed by atoms with Gasteiger partial charge in [-0.15, -0.1) is 0 Å². The van der Waals surface area contributed by atoms with Gasteiger partial charge in [0.15, 0.2) is 0 Å². The Kier molecular flexibility index (Phi) is 3.48. The van der Waals surface area contributed by atoms with Crippen molar-refractivity contribution in [3.63, 3.8) is 0 Å². The first-order valence-corrected chi connectivity index (χ1v) is 5.01. The van der Waals surface area contributed by atoms with Crippen LogP contribution in [0, 0.1) is 0 Å². The average molecular weight is 215 g/mol. The summed E-state index contributed by atoms with van der Waals surface area (Å²) < 4.78 is 0. The van der Waals surface area contributed by atoms with Crippen LogP contribution in [0.4, 0.5) is 11.4 Å². The number of anilines is 2. The van der Waals surface area contributed by atoms with Gasteiger partial charge in [-0.3, -0.25) is 4.98 Å². The molecule has 1 aromatic heterocycles. The summed E-state index contributed by atoms with van der Waals surface area (Å²) >= 11 is 0. The number of nitrogens with one attached hydrogen (secondary N) is 2. The molecular formula is C12H13N3O. The molecule has 2 aromatic rings. The molecule has 16 heavy (non-hydrogen) atoms. The summed E-state index contributed by atoms with van der Waals surface area (Å²) in [6.07, 6.45) is 3.50. The Hall–Kier alpha value is -1.91. The van der Waals surface area contributed by atoms with E-state index in [0.29, 0.717) is 6.54 Å². The third kappa shape index (κ3) is 2.79. The summed E-state index contributed by atoms with van der Waals surface area (Å²) in [6.45, 7) is 0.452. The molecule has 0 aliphatic rings. The molecule has 2 rings (SSSR count). The minimum absolute atomic E-state index is 0.452. The number of nitrogens with zero attached hydrogens (tertiary/aromatic N) is 1. The fraction of sp³-hybridized carbons (Fsp3) is 0.0833. The van der Waals surface area contributed by atoms with Crippen LogP contribution in [0.15, 0.2) is 48.8 Å². The van der Waals surface area contributed by atoms with E-state index in [1.54, 1.807) is 12.4 Å². The number of rotatable bonds is 4. The molecule has 0 aliphatic carbocycles. The summed E-state index contributed by atoms with van der Waals surface area (Å²) in [4.78, 5) is 4.02. The fourth-order valence-corrected chi connectivity index (χ4v) is 1.40. The van der Waals surface area contributed by atoms with Gasteiger partial charge in [-0.1, -0.05) is 12.1 Å². The average Bonchev–Trinajstić information content (AvgIpc) is 2.33. The second-order valence-electron chi connectivity index (χ2n) is 3.40. The highest BCUT2D eigenvalue weighted by Crippen LogP contribution is 2.15. The second-order valence-corrected chi connectivity index (χ2v) is 3.40. The molecule has 1 heterocycles. The largest absolute Gasteiger partial charge is 0.354 e. The third-order valence-corrected chi connectivity index (χ3v) is 2.19. The highest BCUT2D eigenvalue weighted by Gasteiger charge is 1.95. The summed E-state index contributed by atoms with van der Waals surface area (Å²) in [6, 6.07) is 11.6. The molecule has 82 valence electrons. The zero-order chi connectivity index (χ0) is 11.2. The highest BCUT2D eigenvalue weighted by atomic mass is 16.5. The predicted molar refractivity (Wildman–Crippen MR) is 62.6 cm³/mol. The van der Waals surface area contributed by atoms with E-state index in [0.717, 1.165) is 16.9 Å². The van der Waals surface area contributed by atoms with Crippen LogP contribution in [0.5, 0.6) is 0 Å². The monoisotopic (exact) mass is 215 g/mol. The van der Waals surface area contributed by atoms with Crippen molar-refractivity contribution >= 4 is 11.4 Å². The van der Waals surface area contributed by atoms with Gasteiger partial charge in [-0.05, 0) is 29.8 Å². The fourth-order valence-electron chi connectivity index (χ4n) is 1.40. The lowest BCUT2D eigenvalue weighted by Gasteiger charge is -2.06. The van der Waals surface area contributed by atoms with Gasteiger partial charge < -0.3 is 10.5 Å². The third-order valence-electron chi connectivity index (χ3n) is 2.19. The molecule has 0 unspecified atom stereocenters. The van der Waals surface area contributed by atoms with Gasteiger partial charge >= 0.3 is 0 Å². The van der Waals surface area contributed by atoms with Crippen molar-refractivity contribution in [3.05, 3.63) is 54.4 Å². The Labute approximate surface area is 93.9 Å². The van der Waals surface area contributed by atoms with Gasteiger partial charge in [0.25, 0.3) is 0 Å². The predicted octanol–water partition coefficient (Wildman–Crippen LogP) is 2.30. The van der Waals surface area contributed by atoms with Crippen molar-refractivity contribution < 1.29 is 5.21 Å². The molecule has 1 aromatic carbocycles. The summed E-state index contributed by atoms with van der Waals surface area (Å²) in [7, 11) is 0. The van der Waals surface area contributed by atoms with E-state index in [1.807, 2.05) is 36.4 Å². The van der Waals surface area contributed by atoms with Gasteiger partial charge in [-0.25, -0.2) is 5.48 Å². The summed E-state index contributed by atoms with van der Waals surface area (Å²) in [5, 5.41) is 11.8. The number of aromatic nitrogens is 1. The molecule has 4 heteroatoms. The molecule has 0 radical (unpaired) electrons. The molecule has 0 saturated heterocycles. The maximum Gasteiger partial charge on any atom is 0.0570 e. The topological polar surface area (TPSA) is 57.2 Å². The SMILES string of the molecule is ONCc1ccc(Nc2cccnc2)cc1. The molecule has 0 amide bonds. The first-order valence-electron chi connectivity index (χ1n) is 5.01. The molecule has 3 N–H and O–H groups in total. The zero-order valence-corrected chi connectivity index (χ0v) is 8.72. The Balaban J connectivity index is 2.05. The normalized spacial score (nSPS) is 10.1. The molecule has 0 aliphatic heterocycles. The van der Waals surface area contributed by atoms with E-state index >= 15 is 0 Å². The lowest BCUT2D eigenvalue weighted by molar-refractivity contribution is 0.161. The molecule has 0 spiro atoms. The number of benzene rings is 1. The quantitative estimate of drug-likeness (QED) is 0.685. The lowest BCUT2D eigenvalue weighted by atomic mass is 10.2. The number of hydroxylamine groups is 1. The Morgan fingerprint density at radius 1 is 1.06 bits per heavy atom. The van der Waals surface area contributed by atoms with Crippen LogP contribution in [0.2, 0.25) is 0 Å². The maximum atomic E-state index is 8.55. The number of pyridine rings is 1. The standard InChI is InChI=1S/C12H13N3O/c16-14-8-10-3-5-11(6-4-10)15-12-2-1-7-13-9-12/h1-7,9,14-16H,8H2. The van der Waals surface area contributed by atoms with E-state index in [4.69, 9.17) is 5.21 Å². The van der Waals surface area contributed by atoms with Crippen molar-refractivity contribution in [1.82, 2.24) is 10.5 Å². The van der Waals surface area contributed by atoms with Gasteiger partial charge in [0.1, 0.15) is 0 Å². The minimum atomic E-state index is 0.452. The van der Waals surface area contributed by atoms with Crippen molar-refractivity contribution in [3.8, 4) is 0 Å². The van der Waals surface area contributed by atoms with E-state index in [2.05, 4.69) is 15.8 Å². The molecule has 0 fully saturated rings. The van der Waals surface area contributed by atoms with E-state index in [-0.39, 0.29) is 0 Å². The van der Waals surface area contributed by atoms with Gasteiger partial charge in [0, 0.05) is 18.4 Å². The van der Waals surface area contributed by atoms with Crippen LogP contribution in [0.25, 0.3) is 0 Å². The van der Waals surface area contributed by atoms with Crippen LogP contribution in [0.3, 0.4) is 0 Å². The molecule has 0 bridgehead atoms. The van der Waals surface area contributed by atoms with Crippen LogP contribution in [0.1, 0.15) is 5.56 Å². The number of hydrogen-bond donors (Lipinski definition) is 3. The van der Waals surface area contributed by atoms with Gasteiger partial charge in [0.2, 0.25) is 0 Å². The van der Waals surface area contributed by atoms with Crippen molar-refractivity contribution in [1.29, 1.82) is 0 Å². The van der Waals surface area contributed by atoms with Crippen LogP contribution in [-0.4, -0.2) is 10.2 Å². The lowest BCUT2D eigenvalue weighted by Crippen LogP contribution is -2.05. The number of hydrogen-bond acceptors (Lipinski definition) is 4. The van der Waals surface area contributed by atoms with Crippen LogP contribution in [-0.2, 0) is 6.54 Å². The Morgan fingerprint density at radius 2 is 1.88 bits per heavy atom. The van der Waals surface area contributed by atoms with Crippen LogP contribution < -0.4 is 10.8 Å². The Morgan fingerprint density at radius 3 is 2.50 bits per heavy atom. The molecule has 0 saturated carbocycles. The maximum absolute atomic E-state index is 8.55. The van der Waals surface area contributed by atoms with Crippen molar-refractivity contribution in [2.75, 3.05) is 5.32 Å². The van der Waals surface area contributed by atoms with Crippen molar-refractivity contribution in [2.45, 2.75) is 6.54 Å². The first-order chi connectivity index (χ1) is 7.88. The summed E-state index contributed by atoms with van der Waals surface area (Å²) in [5.41, 5.74) is 5.10. The highest BCUT2D eigenvalue weighted by molar-refractivity contribution is 5.58. The molecule has 4 nitrogen and oxygen atoms in total. The second kappa shape index (κ2) is 5.25. The summed E-state index contributed by atoms with van der Waals surface area (Å²) in [5.74, 6) is 0. The molecule has 0 atom stereocenters. The molecular weight excluding hydrogens is 202 g/mol. The van der Waals surface area contributed by atoms with Gasteiger partial charge in [-0.2, -0.15) is 0 Å². The van der Waals surface area contributed by atoms with E-state index in [9.17, 15) is 0 Å². The Bertz CT molecular complexity index is 428. The zero-order valence-electron chi connectivity index (χ0n) is 8.72. The van der Waals surface area contributed by atoms with Gasteiger partial charge in [0.05, 0.1) is 11.9 Å². The smallest absolute Gasteiger partial charge is 0.0570 e. The van der Waals surface area contributed by atoms with E-state index < -0.39 is 0 Å².